The highest BCUT2D eigenvalue weighted by atomic mass is 15.2. The summed E-state index contributed by atoms with van der Waals surface area (Å²) < 4.78 is 0. The van der Waals surface area contributed by atoms with Crippen LogP contribution in [0, 0.1) is 5.92 Å². The molecule has 0 spiro atoms. The zero-order valence-corrected chi connectivity index (χ0v) is 13.1. The molecule has 1 heterocycles. The predicted molar refractivity (Wildman–Crippen MR) is 83.6 cm³/mol. The first kappa shape index (κ1) is 16.0. The third-order valence-electron chi connectivity index (χ3n) is 3.56. The van der Waals surface area contributed by atoms with Crippen molar-refractivity contribution in [3.8, 4) is 0 Å². The summed E-state index contributed by atoms with van der Waals surface area (Å²) in [5.41, 5.74) is 1.29. The molecule has 0 amide bonds. The molecule has 1 N–H and O–H groups in total. The number of rotatable bonds is 8. The summed E-state index contributed by atoms with van der Waals surface area (Å²) in [6.45, 7) is 10.9. The molecule has 0 atom stereocenters. The molecule has 0 aliphatic heterocycles. The van der Waals surface area contributed by atoms with Crippen LogP contribution in [0.4, 0.5) is 5.82 Å². The molecule has 0 aliphatic rings. The van der Waals surface area contributed by atoms with Gasteiger partial charge < -0.3 is 10.2 Å². The van der Waals surface area contributed by atoms with Crippen LogP contribution in [0.25, 0.3) is 0 Å². The van der Waals surface area contributed by atoms with Crippen molar-refractivity contribution in [2.75, 3.05) is 18.5 Å². The second-order valence-corrected chi connectivity index (χ2v) is 5.59. The summed E-state index contributed by atoms with van der Waals surface area (Å²) in [6.07, 6.45) is 4.20. The molecular formula is C16H29N3. The van der Waals surface area contributed by atoms with Crippen LogP contribution in [0.15, 0.2) is 18.3 Å². The fraction of sp³-hybridized carbons (Fsp3) is 0.688. The van der Waals surface area contributed by atoms with Crippen LogP contribution >= 0.6 is 0 Å². The van der Waals surface area contributed by atoms with Gasteiger partial charge in [0.1, 0.15) is 5.82 Å². The molecular weight excluding hydrogens is 234 g/mol. The van der Waals surface area contributed by atoms with Crippen LogP contribution in [0.2, 0.25) is 0 Å². The molecule has 1 rings (SSSR count). The average Bonchev–Trinajstić information content (AvgIpc) is 2.40. The van der Waals surface area contributed by atoms with Gasteiger partial charge in [0.25, 0.3) is 0 Å². The van der Waals surface area contributed by atoms with Crippen molar-refractivity contribution in [2.24, 2.45) is 5.92 Å². The third-order valence-corrected chi connectivity index (χ3v) is 3.56. The number of hydrogen-bond donors (Lipinski definition) is 1. The molecule has 0 bridgehead atoms. The normalized spacial score (nSPS) is 11.3. The molecule has 0 saturated carbocycles. The minimum atomic E-state index is 0.568. The van der Waals surface area contributed by atoms with E-state index in [0.29, 0.717) is 12.0 Å². The van der Waals surface area contributed by atoms with Gasteiger partial charge in [-0.1, -0.05) is 33.8 Å². The van der Waals surface area contributed by atoms with Crippen LogP contribution in [-0.2, 0) is 6.54 Å². The molecule has 1 aromatic rings. The maximum absolute atomic E-state index is 4.58. The first-order chi connectivity index (χ1) is 9.10. The lowest BCUT2D eigenvalue weighted by Gasteiger charge is -2.29. The lowest BCUT2D eigenvalue weighted by atomic mass is 10.1. The number of anilines is 1. The Morgan fingerprint density at radius 1 is 1.26 bits per heavy atom. The molecule has 0 unspecified atom stereocenters. The molecule has 0 fully saturated rings. The van der Waals surface area contributed by atoms with Crippen molar-refractivity contribution in [3.05, 3.63) is 23.9 Å². The standard InChI is InChI=1S/C16H29N3/c1-6-15(7-2)19(5)16-14(9-8-10-18-16)12-17-11-13(3)4/h8-10,13,15,17H,6-7,11-12H2,1-5H3. The monoisotopic (exact) mass is 263 g/mol. The second-order valence-electron chi connectivity index (χ2n) is 5.59. The van der Waals surface area contributed by atoms with Crippen LogP contribution in [0.3, 0.4) is 0 Å². The Morgan fingerprint density at radius 3 is 2.53 bits per heavy atom. The highest BCUT2D eigenvalue weighted by Crippen LogP contribution is 2.20. The Balaban J connectivity index is 2.77. The fourth-order valence-corrected chi connectivity index (χ4v) is 2.39. The van der Waals surface area contributed by atoms with E-state index in [1.165, 1.54) is 5.56 Å². The van der Waals surface area contributed by atoms with Gasteiger partial charge >= 0.3 is 0 Å². The molecule has 1 aromatic heterocycles. The van der Waals surface area contributed by atoms with Crippen molar-refractivity contribution in [3.63, 3.8) is 0 Å². The van der Waals surface area contributed by atoms with E-state index in [4.69, 9.17) is 0 Å². The van der Waals surface area contributed by atoms with E-state index in [0.717, 1.165) is 31.7 Å². The number of pyridine rings is 1. The van der Waals surface area contributed by atoms with Gasteiger partial charge in [-0.2, -0.15) is 0 Å². The van der Waals surface area contributed by atoms with Crippen molar-refractivity contribution < 1.29 is 0 Å². The number of aromatic nitrogens is 1. The quantitative estimate of drug-likeness (QED) is 0.778. The molecule has 19 heavy (non-hydrogen) atoms. The topological polar surface area (TPSA) is 28.2 Å². The lowest BCUT2D eigenvalue weighted by Crippen LogP contribution is -2.32. The van der Waals surface area contributed by atoms with Gasteiger partial charge in [0, 0.05) is 31.4 Å². The van der Waals surface area contributed by atoms with Crippen molar-refractivity contribution in [1.29, 1.82) is 0 Å². The molecule has 3 nitrogen and oxygen atoms in total. The Labute approximate surface area is 118 Å². The third kappa shape index (κ3) is 4.83. The minimum Gasteiger partial charge on any atom is -0.356 e. The van der Waals surface area contributed by atoms with Gasteiger partial charge in [0.2, 0.25) is 0 Å². The van der Waals surface area contributed by atoms with Crippen LogP contribution in [-0.4, -0.2) is 24.6 Å². The van der Waals surface area contributed by atoms with Gasteiger partial charge in [0.15, 0.2) is 0 Å². The zero-order chi connectivity index (χ0) is 14.3. The summed E-state index contributed by atoms with van der Waals surface area (Å²) in [6, 6.07) is 4.77. The Morgan fingerprint density at radius 2 is 1.95 bits per heavy atom. The van der Waals surface area contributed by atoms with E-state index in [1.807, 2.05) is 12.3 Å². The number of nitrogens with zero attached hydrogens (tertiary/aromatic N) is 2. The van der Waals surface area contributed by atoms with Gasteiger partial charge in [-0.05, 0) is 31.4 Å². The number of hydrogen-bond acceptors (Lipinski definition) is 3. The minimum absolute atomic E-state index is 0.568. The van der Waals surface area contributed by atoms with Crippen LogP contribution in [0.1, 0.15) is 46.1 Å². The summed E-state index contributed by atoms with van der Waals surface area (Å²) in [4.78, 5) is 6.90. The molecule has 0 saturated heterocycles. The average molecular weight is 263 g/mol. The second kappa shape index (κ2) is 8.16. The maximum Gasteiger partial charge on any atom is 0.132 e. The summed E-state index contributed by atoms with van der Waals surface area (Å²) in [5, 5.41) is 3.50. The van der Waals surface area contributed by atoms with Crippen molar-refractivity contribution in [2.45, 2.75) is 53.1 Å². The Bertz CT molecular complexity index is 359. The molecule has 0 radical (unpaired) electrons. The van der Waals surface area contributed by atoms with Gasteiger partial charge in [-0.3, -0.25) is 0 Å². The van der Waals surface area contributed by atoms with E-state index >= 15 is 0 Å². The largest absolute Gasteiger partial charge is 0.356 e. The SMILES string of the molecule is CCC(CC)N(C)c1ncccc1CNCC(C)C. The molecule has 108 valence electrons. The van der Waals surface area contributed by atoms with E-state index in [-0.39, 0.29) is 0 Å². The highest BCUT2D eigenvalue weighted by Gasteiger charge is 2.15. The summed E-state index contributed by atoms with van der Waals surface area (Å²) >= 11 is 0. The maximum atomic E-state index is 4.58. The fourth-order valence-electron chi connectivity index (χ4n) is 2.39. The van der Waals surface area contributed by atoms with Crippen molar-refractivity contribution >= 4 is 5.82 Å². The van der Waals surface area contributed by atoms with E-state index in [9.17, 15) is 0 Å². The summed E-state index contributed by atoms with van der Waals surface area (Å²) in [7, 11) is 2.16. The van der Waals surface area contributed by atoms with E-state index in [2.05, 4.69) is 56.0 Å². The van der Waals surface area contributed by atoms with Gasteiger partial charge in [0.05, 0.1) is 0 Å². The van der Waals surface area contributed by atoms with Crippen LogP contribution < -0.4 is 10.2 Å². The molecule has 0 aromatic carbocycles. The van der Waals surface area contributed by atoms with Crippen molar-refractivity contribution in [1.82, 2.24) is 10.3 Å². The predicted octanol–water partition coefficient (Wildman–Crippen LogP) is 3.45. The summed E-state index contributed by atoms with van der Waals surface area (Å²) in [5.74, 6) is 1.80. The highest BCUT2D eigenvalue weighted by molar-refractivity contribution is 5.46. The van der Waals surface area contributed by atoms with E-state index in [1.54, 1.807) is 0 Å². The molecule has 3 heteroatoms. The van der Waals surface area contributed by atoms with Crippen LogP contribution in [0.5, 0.6) is 0 Å². The van der Waals surface area contributed by atoms with E-state index < -0.39 is 0 Å². The zero-order valence-electron chi connectivity index (χ0n) is 13.1. The lowest BCUT2D eigenvalue weighted by molar-refractivity contribution is 0.547. The molecule has 0 aliphatic carbocycles. The van der Waals surface area contributed by atoms with Gasteiger partial charge in [-0.25, -0.2) is 4.98 Å². The Kier molecular flexibility index (Phi) is 6.85. The van der Waals surface area contributed by atoms with Gasteiger partial charge in [-0.15, -0.1) is 0 Å². The Hall–Kier alpha value is -1.09. The first-order valence-corrected chi connectivity index (χ1v) is 7.47. The smallest absolute Gasteiger partial charge is 0.132 e. The number of nitrogens with one attached hydrogen (secondary N) is 1. The first-order valence-electron chi connectivity index (χ1n) is 7.47.